The molecule has 1 aliphatic carbocycles. The molecule has 1 rings (SSSR count). The van der Waals surface area contributed by atoms with Gasteiger partial charge in [0.2, 0.25) is 10.0 Å². The van der Waals surface area contributed by atoms with Crippen molar-refractivity contribution in [3.05, 3.63) is 0 Å². The van der Waals surface area contributed by atoms with Crippen LogP contribution in [0.3, 0.4) is 0 Å². The van der Waals surface area contributed by atoms with Crippen molar-refractivity contribution in [3.63, 3.8) is 0 Å². The Morgan fingerprint density at radius 1 is 1.38 bits per heavy atom. The highest BCUT2D eigenvalue weighted by Crippen LogP contribution is 2.31. The minimum Gasteiger partial charge on any atom is -0.315 e. The predicted molar refractivity (Wildman–Crippen MR) is 66.9 cm³/mol. The van der Waals surface area contributed by atoms with Crippen molar-refractivity contribution in [1.29, 1.82) is 0 Å². The molecule has 4 nitrogen and oxygen atoms in total. The Bertz CT molecular complexity index is 310. The van der Waals surface area contributed by atoms with E-state index in [1.54, 1.807) is 6.92 Å². The number of hydrogen-bond acceptors (Lipinski definition) is 3. The topological polar surface area (TPSA) is 58.2 Å². The van der Waals surface area contributed by atoms with E-state index >= 15 is 0 Å². The van der Waals surface area contributed by atoms with Gasteiger partial charge >= 0.3 is 0 Å². The first kappa shape index (κ1) is 13.9. The van der Waals surface area contributed by atoms with Crippen LogP contribution in [0.2, 0.25) is 0 Å². The lowest BCUT2D eigenvalue weighted by Crippen LogP contribution is -2.54. The van der Waals surface area contributed by atoms with Crippen LogP contribution in [0, 0.1) is 0 Å². The fourth-order valence-corrected chi connectivity index (χ4v) is 3.27. The van der Waals surface area contributed by atoms with E-state index in [0.717, 1.165) is 32.2 Å². The van der Waals surface area contributed by atoms with Crippen LogP contribution in [0.25, 0.3) is 0 Å². The van der Waals surface area contributed by atoms with Gasteiger partial charge in [0.15, 0.2) is 0 Å². The summed E-state index contributed by atoms with van der Waals surface area (Å²) in [5.41, 5.74) is -0.183. The highest BCUT2D eigenvalue weighted by molar-refractivity contribution is 7.90. The molecule has 1 unspecified atom stereocenters. The largest absolute Gasteiger partial charge is 0.315 e. The Hall–Kier alpha value is -0.130. The quantitative estimate of drug-likeness (QED) is 0.666. The van der Waals surface area contributed by atoms with Crippen LogP contribution in [0.4, 0.5) is 0 Å². The lowest BCUT2D eigenvalue weighted by atomic mass is 9.80. The van der Waals surface area contributed by atoms with Gasteiger partial charge in [-0.15, -0.1) is 0 Å². The van der Waals surface area contributed by atoms with Crippen LogP contribution >= 0.6 is 0 Å². The summed E-state index contributed by atoms with van der Waals surface area (Å²) in [5, 5.41) is 2.78. The molecule has 1 saturated carbocycles. The number of sulfonamides is 1. The molecule has 1 atom stereocenters. The van der Waals surface area contributed by atoms with Gasteiger partial charge in [0.05, 0.1) is 5.25 Å². The van der Waals surface area contributed by atoms with Gasteiger partial charge in [-0.2, -0.15) is 0 Å². The molecule has 96 valence electrons. The van der Waals surface area contributed by atoms with Crippen molar-refractivity contribution in [3.8, 4) is 0 Å². The van der Waals surface area contributed by atoms with Gasteiger partial charge < -0.3 is 5.32 Å². The fourth-order valence-electron chi connectivity index (χ4n) is 1.85. The molecule has 0 heterocycles. The average Bonchev–Trinajstić information content (AvgIpc) is 2.15. The van der Waals surface area contributed by atoms with Crippen molar-refractivity contribution in [1.82, 2.24) is 10.0 Å². The second-order valence-electron chi connectivity index (χ2n) is 5.08. The summed E-state index contributed by atoms with van der Waals surface area (Å²) in [7, 11) is -3.17. The number of hydrogen-bond donors (Lipinski definition) is 2. The van der Waals surface area contributed by atoms with E-state index in [1.807, 2.05) is 6.92 Å². The SMILES string of the molecule is CCCNCC(C)S(=O)(=O)NC1(C)CCC1. The minimum atomic E-state index is -3.17. The van der Waals surface area contributed by atoms with Gasteiger partial charge in [-0.05, 0) is 46.1 Å². The second kappa shape index (κ2) is 5.47. The van der Waals surface area contributed by atoms with Crippen molar-refractivity contribution in [2.24, 2.45) is 0 Å². The maximum absolute atomic E-state index is 12.0. The van der Waals surface area contributed by atoms with Crippen LogP contribution in [0.5, 0.6) is 0 Å². The summed E-state index contributed by atoms with van der Waals surface area (Å²) in [5.74, 6) is 0. The molecule has 0 spiro atoms. The Balaban J connectivity index is 2.43. The molecule has 0 aromatic heterocycles. The molecular weight excluding hydrogens is 224 g/mol. The first-order valence-corrected chi connectivity index (χ1v) is 7.68. The average molecular weight is 248 g/mol. The third-order valence-corrected chi connectivity index (χ3v) is 5.24. The Labute approximate surface area is 99.2 Å². The van der Waals surface area contributed by atoms with Crippen molar-refractivity contribution in [2.45, 2.75) is 57.2 Å². The standard InChI is InChI=1S/C11H24N2O2S/c1-4-8-12-9-10(2)16(14,15)13-11(3)6-5-7-11/h10,12-13H,4-9H2,1-3H3. The maximum atomic E-state index is 12.0. The maximum Gasteiger partial charge on any atom is 0.215 e. The molecule has 1 fully saturated rings. The summed E-state index contributed by atoms with van der Waals surface area (Å²) in [6.07, 6.45) is 4.07. The number of nitrogens with one attached hydrogen (secondary N) is 2. The zero-order chi connectivity index (χ0) is 12.2. The first-order valence-electron chi connectivity index (χ1n) is 6.13. The highest BCUT2D eigenvalue weighted by atomic mass is 32.2. The first-order chi connectivity index (χ1) is 7.40. The zero-order valence-electron chi connectivity index (χ0n) is 10.5. The highest BCUT2D eigenvalue weighted by Gasteiger charge is 2.37. The Morgan fingerprint density at radius 3 is 2.44 bits per heavy atom. The van der Waals surface area contributed by atoms with E-state index in [4.69, 9.17) is 0 Å². The third-order valence-electron chi connectivity index (χ3n) is 3.23. The van der Waals surface area contributed by atoms with Crippen molar-refractivity contribution < 1.29 is 8.42 Å². The van der Waals surface area contributed by atoms with Crippen LogP contribution in [-0.2, 0) is 10.0 Å². The van der Waals surface area contributed by atoms with Crippen LogP contribution in [0.1, 0.15) is 46.5 Å². The van der Waals surface area contributed by atoms with Crippen molar-refractivity contribution in [2.75, 3.05) is 13.1 Å². The summed E-state index contributed by atoms with van der Waals surface area (Å²) in [6, 6.07) is 0. The smallest absolute Gasteiger partial charge is 0.215 e. The molecule has 0 bridgehead atoms. The summed E-state index contributed by atoms with van der Waals surface area (Å²) in [6.45, 7) is 7.21. The van der Waals surface area contributed by atoms with Gasteiger partial charge in [0.1, 0.15) is 0 Å². The molecule has 0 aromatic rings. The lowest BCUT2D eigenvalue weighted by molar-refractivity contribution is 0.247. The third kappa shape index (κ3) is 3.71. The van der Waals surface area contributed by atoms with Crippen LogP contribution in [-0.4, -0.2) is 32.3 Å². The van der Waals surface area contributed by atoms with Crippen LogP contribution in [0.15, 0.2) is 0 Å². The molecule has 0 aromatic carbocycles. The molecule has 0 saturated heterocycles. The molecule has 5 heteroatoms. The predicted octanol–water partition coefficient (Wildman–Crippen LogP) is 1.24. The van der Waals surface area contributed by atoms with E-state index < -0.39 is 10.0 Å². The monoisotopic (exact) mass is 248 g/mol. The zero-order valence-corrected chi connectivity index (χ0v) is 11.4. The summed E-state index contributed by atoms with van der Waals surface area (Å²) >= 11 is 0. The second-order valence-corrected chi connectivity index (χ2v) is 7.17. The Morgan fingerprint density at radius 2 is 2.00 bits per heavy atom. The van der Waals surface area contributed by atoms with Gasteiger partial charge in [0, 0.05) is 12.1 Å². The minimum absolute atomic E-state index is 0.183. The van der Waals surface area contributed by atoms with E-state index in [2.05, 4.69) is 17.0 Å². The molecule has 2 N–H and O–H groups in total. The van der Waals surface area contributed by atoms with Gasteiger partial charge in [0.25, 0.3) is 0 Å². The van der Waals surface area contributed by atoms with E-state index in [9.17, 15) is 8.42 Å². The molecule has 0 aliphatic heterocycles. The fraction of sp³-hybridized carbons (Fsp3) is 1.00. The van der Waals surface area contributed by atoms with E-state index in [1.165, 1.54) is 0 Å². The molecule has 0 radical (unpaired) electrons. The van der Waals surface area contributed by atoms with Crippen LogP contribution < -0.4 is 10.0 Å². The van der Waals surface area contributed by atoms with E-state index in [-0.39, 0.29) is 10.8 Å². The summed E-state index contributed by atoms with van der Waals surface area (Å²) in [4.78, 5) is 0. The molecule has 1 aliphatic rings. The van der Waals surface area contributed by atoms with Gasteiger partial charge in [-0.1, -0.05) is 6.92 Å². The molecule has 16 heavy (non-hydrogen) atoms. The molecule has 0 amide bonds. The normalized spacial score (nSPS) is 21.4. The van der Waals surface area contributed by atoms with Gasteiger partial charge in [-0.25, -0.2) is 13.1 Å². The lowest BCUT2D eigenvalue weighted by Gasteiger charge is -2.39. The molecular formula is C11H24N2O2S. The number of rotatable bonds is 7. The van der Waals surface area contributed by atoms with Gasteiger partial charge in [-0.3, -0.25) is 0 Å². The van der Waals surface area contributed by atoms with Crippen molar-refractivity contribution >= 4 is 10.0 Å². The Kier molecular flexibility index (Phi) is 4.76. The van der Waals surface area contributed by atoms with E-state index in [0.29, 0.717) is 6.54 Å². The summed E-state index contributed by atoms with van der Waals surface area (Å²) < 4.78 is 26.8.